The van der Waals surface area contributed by atoms with E-state index in [2.05, 4.69) is 13.8 Å². The molecule has 2 atom stereocenters. The van der Waals surface area contributed by atoms with Crippen molar-refractivity contribution in [3.63, 3.8) is 0 Å². The average Bonchev–Trinajstić information content (AvgIpc) is 3.42. The van der Waals surface area contributed by atoms with Crippen molar-refractivity contribution in [1.29, 1.82) is 0 Å². The summed E-state index contributed by atoms with van der Waals surface area (Å²) >= 11 is 6.17. The first-order valence-corrected chi connectivity index (χ1v) is 12.2. The summed E-state index contributed by atoms with van der Waals surface area (Å²) in [6, 6.07) is 11.9. The molecular formula is C27H28ClNO5. The Hall–Kier alpha value is -2.83. The van der Waals surface area contributed by atoms with Crippen molar-refractivity contribution >= 4 is 28.5 Å². The van der Waals surface area contributed by atoms with Crippen molar-refractivity contribution in [2.24, 2.45) is 5.92 Å². The van der Waals surface area contributed by atoms with Crippen molar-refractivity contribution in [2.75, 3.05) is 19.8 Å². The lowest BCUT2D eigenvalue weighted by Gasteiger charge is -2.27. The largest absolute Gasteiger partial charge is 0.494 e. The molecule has 0 aliphatic carbocycles. The van der Waals surface area contributed by atoms with Crippen LogP contribution in [0, 0.1) is 5.92 Å². The van der Waals surface area contributed by atoms with Crippen molar-refractivity contribution in [3.8, 4) is 5.75 Å². The molecule has 0 radical (unpaired) electrons. The number of ether oxygens (including phenoxy) is 2. The normalized spacial score (nSPS) is 19.9. The summed E-state index contributed by atoms with van der Waals surface area (Å²) in [5.74, 6) is 1.04. The number of hydrogen-bond donors (Lipinski definition) is 0. The van der Waals surface area contributed by atoms with Gasteiger partial charge < -0.3 is 18.8 Å². The zero-order valence-corrected chi connectivity index (χ0v) is 20.1. The molecule has 7 heteroatoms. The second kappa shape index (κ2) is 9.43. The van der Waals surface area contributed by atoms with Crippen LogP contribution in [0.4, 0.5) is 0 Å². The number of benzene rings is 2. The summed E-state index contributed by atoms with van der Waals surface area (Å²) in [7, 11) is 0. The molecule has 1 fully saturated rings. The van der Waals surface area contributed by atoms with Crippen LogP contribution in [-0.4, -0.2) is 36.7 Å². The van der Waals surface area contributed by atoms with Crippen LogP contribution in [0.25, 0.3) is 11.0 Å². The fourth-order valence-electron chi connectivity index (χ4n) is 4.72. The van der Waals surface area contributed by atoms with Crippen LogP contribution in [0.3, 0.4) is 0 Å². The van der Waals surface area contributed by atoms with Crippen LogP contribution in [0.2, 0.25) is 5.02 Å². The predicted molar refractivity (Wildman–Crippen MR) is 131 cm³/mol. The second-order valence-electron chi connectivity index (χ2n) is 9.41. The van der Waals surface area contributed by atoms with E-state index in [-0.39, 0.29) is 23.2 Å². The molecular weight excluding hydrogens is 454 g/mol. The summed E-state index contributed by atoms with van der Waals surface area (Å²) in [6.45, 7) is 5.98. The molecule has 2 unspecified atom stereocenters. The Kier molecular flexibility index (Phi) is 6.36. The van der Waals surface area contributed by atoms with Gasteiger partial charge in [-0.2, -0.15) is 0 Å². The molecule has 6 nitrogen and oxygen atoms in total. The van der Waals surface area contributed by atoms with Crippen LogP contribution in [0.5, 0.6) is 5.75 Å². The number of amides is 1. The van der Waals surface area contributed by atoms with E-state index in [1.807, 2.05) is 24.3 Å². The molecule has 2 aromatic carbocycles. The van der Waals surface area contributed by atoms with Gasteiger partial charge >= 0.3 is 0 Å². The SMILES string of the molecule is CC(C)CCOc1cccc(C2c3c(oc4ccc(Cl)cc4c3=O)C(=O)N2CC2CCCO2)c1. The molecule has 34 heavy (non-hydrogen) atoms. The lowest BCUT2D eigenvalue weighted by molar-refractivity contribution is 0.0486. The van der Waals surface area contributed by atoms with Gasteiger partial charge in [-0.25, -0.2) is 0 Å². The van der Waals surface area contributed by atoms with E-state index in [0.29, 0.717) is 53.0 Å². The number of rotatable bonds is 7. The number of hydrogen-bond acceptors (Lipinski definition) is 5. The van der Waals surface area contributed by atoms with Gasteiger partial charge in [0.05, 0.1) is 29.7 Å². The van der Waals surface area contributed by atoms with Crippen LogP contribution in [0.15, 0.2) is 51.7 Å². The molecule has 1 amide bonds. The van der Waals surface area contributed by atoms with E-state index in [1.165, 1.54) is 0 Å². The van der Waals surface area contributed by atoms with Crippen LogP contribution in [-0.2, 0) is 4.74 Å². The maximum Gasteiger partial charge on any atom is 0.291 e. The minimum Gasteiger partial charge on any atom is -0.494 e. The zero-order chi connectivity index (χ0) is 23.8. The minimum absolute atomic E-state index is 0.0646. The molecule has 3 aromatic rings. The van der Waals surface area contributed by atoms with Crippen molar-refractivity contribution in [2.45, 2.75) is 45.3 Å². The number of halogens is 1. The fraction of sp³-hybridized carbons (Fsp3) is 0.407. The number of nitrogens with zero attached hydrogens (tertiary/aromatic N) is 1. The van der Waals surface area contributed by atoms with Crippen molar-refractivity contribution in [1.82, 2.24) is 4.90 Å². The van der Waals surface area contributed by atoms with E-state index in [9.17, 15) is 9.59 Å². The summed E-state index contributed by atoms with van der Waals surface area (Å²) in [5, 5.41) is 0.810. The zero-order valence-electron chi connectivity index (χ0n) is 19.4. The van der Waals surface area contributed by atoms with Gasteiger partial charge in [0.1, 0.15) is 11.3 Å². The molecule has 0 N–H and O–H groups in total. The van der Waals surface area contributed by atoms with Crippen LogP contribution in [0.1, 0.15) is 60.8 Å². The molecule has 2 aliphatic heterocycles. The summed E-state index contributed by atoms with van der Waals surface area (Å²) < 4.78 is 17.8. The third kappa shape index (κ3) is 4.32. The smallest absolute Gasteiger partial charge is 0.291 e. The highest BCUT2D eigenvalue weighted by molar-refractivity contribution is 6.31. The van der Waals surface area contributed by atoms with E-state index < -0.39 is 6.04 Å². The molecule has 5 rings (SSSR count). The van der Waals surface area contributed by atoms with Gasteiger partial charge in [-0.05, 0) is 61.1 Å². The summed E-state index contributed by atoms with van der Waals surface area (Å²) in [6.07, 6.45) is 2.72. The Balaban J connectivity index is 1.60. The summed E-state index contributed by atoms with van der Waals surface area (Å²) in [4.78, 5) is 28.9. The van der Waals surface area contributed by atoms with Gasteiger partial charge in [0.2, 0.25) is 5.76 Å². The molecule has 1 aromatic heterocycles. The van der Waals surface area contributed by atoms with E-state index in [0.717, 1.165) is 24.8 Å². The lowest BCUT2D eigenvalue weighted by Crippen LogP contribution is -2.36. The summed E-state index contributed by atoms with van der Waals surface area (Å²) in [5.41, 5.74) is 1.26. The van der Waals surface area contributed by atoms with Crippen LogP contribution >= 0.6 is 11.6 Å². The van der Waals surface area contributed by atoms with Gasteiger partial charge in [-0.15, -0.1) is 0 Å². The standard InChI is InChI=1S/C27H28ClNO5/c1-16(2)10-12-33-19-6-3-5-17(13-19)24-23-25(30)21-14-18(28)8-9-22(21)34-26(23)27(31)29(24)15-20-7-4-11-32-20/h3,5-6,8-9,13-14,16,20,24H,4,7,10-12,15H2,1-2H3. The molecule has 2 aliphatic rings. The first-order chi connectivity index (χ1) is 16.4. The van der Waals surface area contributed by atoms with Crippen LogP contribution < -0.4 is 10.2 Å². The van der Waals surface area contributed by atoms with Gasteiger partial charge in [0.25, 0.3) is 5.91 Å². The van der Waals surface area contributed by atoms with E-state index in [1.54, 1.807) is 23.1 Å². The fourth-order valence-corrected chi connectivity index (χ4v) is 4.89. The maximum absolute atomic E-state index is 13.7. The highest BCUT2D eigenvalue weighted by Crippen LogP contribution is 2.40. The van der Waals surface area contributed by atoms with Gasteiger partial charge in [0.15, 0.2) is 5.43 Å². The molecule has 3 heterocycles. The maximum atomic E-state index is 13.7. The van der Waals surface area contributed by atoms with E-state index in [4.69, 9.17) is 25.5 Å². The Bertz CT molecular complexity index is 1280. The molecule has 0 spiro atoms. The first kappa shape index (κ1) is 22.9. The Labute approximate surface area is 203 Å². The highest BCUT2D eigenvalue weighted by atomic mass is 35.5. The topological polar surface area (TPSA) is 69.0 Å². The van der Waals surface area contributed by atoms with Crippen molar-refractivity contribution < 1.29 is 18.7 Å². The molecule has 0 saturated carbocycles. The van der Waals surface area contributed by atoms with Gasteiger partial charge in [-0.3, -0.25) is 9.59 Å². The minimum atomic E-state index is -0.583. The Morgan fingerprint density at radius 2 is 2.03 bits per heavy atom. The lowest BCUT2D eigenvalue weighted by atomic mass is 9.98. The molecule has 178 valence electrons. The van der Waals surface area contributed by atoms with E-state index >= 15 is 0 Å². The Morgan fingerprint density at radius 3 is 2.79 bits per heavy atom. The third-order valence-corrected chi connectivity index (χ3v) is 6.72. The molecule has 1 saturated heterocycles. The van der Waals surface area contributed by atoms with Gasteiger partial charge in [0, 0.05) is 18.2 Å². The number of carbonyl (C=O) groups is 1. The number of carbonyl (C=O) groups excluding carboxylic acids is 1. The molecule has 0 bridgehead atoms. The predicted octanol–water partition coefficient (Wildman–Crippen LogP) is 5.60. The highest BCUT2D eigenvalue weighted by Gasteiger charge is 2.44. The average molecular weight is 482 g/mol. The first-order valence-electron chi connectivity index (χ1n) is 11.8. The van der Waals surface area contributed by atoms with Gasteiger partial charge in [-0.1, -0.05) is 37.6 Å². The quantitative estimate of drug-likeness (QED) is 0.439. The van der Waals surface area contributed by atoms with Crippen molar-refractivity contribution in [3.05, 3.63) is 74.6 Å². The second-order valence-corrected chi connectivity index (χ2v) is 9.85. The Morgan fingerprint density at radius 1 is 1.18 bits per heavy atom. The third-order valence-electron chi connectivity index (χ3n) is 6.49. The monoisotopic (exact) mass is 481 g/mol. The number of fused-ring (bicyclic) bond motifs is 2.